The molecule has 0 spiro atoms. The van der Waals surface area contributed by atoms with Gasteiger partial charge in [-0.05, 0) is 23.3 Å². The summed E-state index contributed by atoms with van der Waals surface area (Å²) < 4.78 is 0. The maximum absolute atomic E-state index is 12.1. The molecule has 2 N–H and O–H groups in total. The second-order valence-corrected chi connectivity index (χ2v) is 5.81. The van der Waals surface area contributed by atoms with Gasteiger partial charge in [0.05, 0.1) is 6.42 Å². The molecule has 2 aromatic carbocycles. The number of carbonyl (C=O) groups is 2. The van der Waals surface area contributed by atoms with Crippen molar-refractivity contribution in [3.8, 4) is 5.75 Å². The second-order valence-electron chi connectivity index (χ2n) is 5.34. The Morgan fingerprint density at radius 3 is 2.43 bits per heavy atom. The van der Waals surface area contributed by atoms with Crippen molar-refractivity contribution < 1.29 is 14.7 Å². The number of rotatable bonds is 4. The first kappa shape index (κ1) is 15.4. The fraction of sp³-hybridized carbons (Fsp3) is 0.176. The fourth-order valence-corrected chi connectivity index (χ4v) is 2.89. The topological polar surface area (TPSA) is 69.6 Å². The van der Waals surface area contributed by atoms with Crippen LogP contribution in [0.25, 0.3) is 0 Å². The lowest BCUT2D eigenvalue weighted by atomic mass is 9.95. The molecule has 1 fully saturated rings. The van der Waals surface area contributed by atoms with Gasteiger partial charge < -0.3 is 5.11 Å². The molecule has 0 aromatic heterocycles. The molecule has 0 radical (unpaired) electrons. The minimum absolute atomic E-state index is 0.130. The molecule has 5 nitrogen and oxygen atoms in total. The van der Waals surface area contributed by atoms with E-state index in [-0.39, 0.29) is 24.0 Å². The third kappa shape index (κ3) is 3.14. The van der Waals surface area contributed by atoms with Gasteiger partial charge in [0.1, 0.15) is 17.2 Å². The number of phenolic OH excluding ortho intramolecular Hbond substituents is 1. The Bertz CT molecular complexity index is 718. The van der Waals surface area contributed by atoms with E-state index in [4.69, 9.17) is 11.6 Å². The largest absolute Gasteiger partial charge is 0.508 e. The van der Waals surface area contributed by atoms with Gasteiger partial charge in [-0.1, -0.05) is 42.5 Å². The Kier molecular flexibility index (Phi) is 4.21. The maximum atomic E-state index is 12.1. The summed E-state index contributed by atoms with van der Waals surface area (Å²) in [5.74, 6) is -0.492. The van der Waals surface area contributed by atoms with E-state index in [0.717, 1.165) is 11.1 Å². The highest BCUT2D eigenvalue weighted by Gasteiger charge is 2.48. The van der Waals surface area contributed by atoms with Crippen molar-refractivity contribution >= 4 is 23.4 Å². The van der Waals surface area contributed by atoms with Crippen LogP contribution in [0.3, 0.4) is 0 Å². The van der Waals surface area contributed by atoms with Gasteiger partial charge in [0.25, 0.3) is 5.91 Å². The highest BCUT2D eigenvalue weighted by atomic mass is 35.5. The second kappa shape index (κ2) is 6.30. The molecule has 6 heteroatoms. The van der Waals surface area contributed by atoms with Crippen molar-refractivity contribution in [1.29, 1.82) is 0 Å². The molecule has 1 aliphatic heterocycles. The summed E-state index contributed by atoms with van der Waals surface area (Å²) in [5, 5.41) is 9.86. The van der Waals surface area contributed by atoms with Crippen molar-refractivity contribution in [1.82, 2.24) is 10.4 Å². The maximum Gasteiger partial charge on any atom is 0.262 e. The monoisotopic (exact) mass is 330 g/mol. The predicted octanol–water partition coefficient (Wildman–Crippen LogP) is 2.16. The normalized spacial score (nSPS) is 20.0. The zero-order valence-electron chi connectivity index (χ0n) is 12.1. The molecule has 1 saturated heterocycles. The number of hydrogen-bond acceptors (Lipinski definition) is 3. The number of amides is 2. The molecule has 2 aromatic rings. The zero-order valence-corrected chi connectivity index (χ0v) is 12.9. The summed E-state index contributed by atoms with van der Waals surface area (Å²) in [5.41, 5.74) is 4.22. The summed E-state index contributed by atoms with van der Waals surface area (Å²) in [7, 11) is 0. The summed E-state index contributed by atoms with van der Waals surface area (Å²) in [6.45, 7) is 0. The van der Waals surface area contributed by atoms with Crippen LogP contribution in [0.1, 0.15) is 17.2 Å². The Balaban J connectivity index is 1.69. The van der Waals surface area contributed by atoms with Crippen LogP contribution in [-0.2, 0) is 16.0 Å². The van der Waals surface area contributed by atoms with E-state index >= 15 is 0 Å². The van der Waals surface area contributed by atoms with Crippen LogP contribution in [0.2, 0.25) is 0 Å². The van der Waals surface area contributed by atoms with Crippen LogP contribution >= 0.6 is 11.6 Å². The van der Waals surface area contributed by atoms with Gasteiger partial charge in [-0.2, -0.15) is 0 Å². The highest BCUT2D eigenvalue weighted by molar-refractivity contribution is 6.33. The standard InChI is InChI=1S/C17H15ClN2O3/c18-15-16(12-6-8-13(21)9-7-12)20(17(15)23)19-14(22)10-11-4-2-1-3-5-11/h1-9,15-16,21H,10H2,(H,19,22). The summed E-state index contributed by atoms with van der Waals surface area (Å²) >= 11 is 6.07. The Morgan fingerprint density at radius 1 is 1.13 bits per heavy atom. The van der Waals surface area contributed by atoms with Crippen molar-refractivity contribution in [2.24, 2.45) is 0 Å². The number of carbonyl (C=O) groups excluding carboxylic acids is 2. The number of halogens is 1. The molecule has 2 unspecified atom stereocenters. The number of aromatic hydroxyl groups is 1. The first-order valence-corrected chi connectivity index (χ1v) is 7.59. The van der Waals surface area contributed by atoms with Gasteiger partial charge >= 0.3 is 0 Å². The van der Waals surface area contributed by atoms with Crippen LogP contribution in [-0.4, -0.2) is 27.3 Å². The Hall–Kier alpha value is -2.53. The number of nitrogens with zero attached hydrogens (tertiary/aromatic N) is 1. The molecule has 3 rings (SSSR count). The van der Waals surface area contributed by atoms with Crippen LogP contribution in [0.5, 0.6) is 5.75 Å². The zero-order chi connectivity index (χ0) is 16.4. The lowest BCUT2D eigenvalue weighted by Crippen LogP contribution is -2.63. The molecular weight excluding hydrogens is 316 g/mol. The molecule has 2 atom stereocenters. The first-order chi connectivity index (χ1) is 11.1. The Morgan fingerprint density at radius 2 is 1.78 bits per heavy atom. The number of nitrogens with one attached hydrogen (secondary N) is 1. The summed E-state index contributed by atoms with van der Waals surface area (Å²) in [6.07, 6.45) is 0.180. The third-order valence-electron chi connectivity index (χ3n) is 3.72. The van der Waals surface area contributed by atoms with Gasteiger partial charge in [-0.15, -0.1) is 11.6 Å². The van der Waals surface area contributed by atoms with E-state index in [1.807, 2.05) is 30.3 Å². The molecule has 2 amide bonds. The molecule has 0 aliphatic carbocycles. The van der Waals surface area contributed by atoms with Crippen LogP contribution in [0.15, 0.2) is 54.6 Å². The lowest BCUT2D eigenvalue weighted by molar-refractivity contribution is -0.156. The van der Waals surface area contributed by atoms with Gasteiger partial charge in [0.2, 0.25) is 5.91 Å². The number of benzene rings is 2. The van der Waals surface area contributed by atoms with E-state index in [1.54, 1.807) is 12.1 Å². The number of β-lactam (4-membered cyclic amide) rings is 1. The van der Waals surface area contributed by atoms with E-state index in [9.17, 15) is 14.7 Å². The van der Waals surface area contributed by atoms with Gasteiger partial charge in [0, 0.05) is 0 Å². The van der Waals surface area contributed by atoms with Gasteiger partial charge in [-0.3, -0.25) is 15.0 Å². The van der Waals surface area contributed by atoms with Crippen molar-refractivity contribution in [2.75, 3.05) is 0 Å². The first-order valence-electron chi connectivity index (χ1n) is 7.16. The molecule has 0 saturated carbocycles. The number of hydrazine groups is 1. The predicted molar refractivity (Wildman–Crippen MR) is 85.6 cm³/mol. The van der Waals surface area contributed by atoms with Gasteiger partial charge in [0.15, 0.2) is 0 Å². The lowest BCUT2D eigenvalue weighted by Gasteiger charge is -2.44. The average molecular weight is 331 g/mol. The number of hydrogen-bond donors (Lipinski definition) is 2. The van der Waals surface area contributed by atoms with E-state index < -0.39 is 11.4 Å². The van der Waals surface area contributed by atoms with E-state index in [1.165, 1.54) is 17.1 Å². The molecule has 118 valence electrons. The van der Waals surface area contributed by atoms with Crippen molar-refractivity contribution in [3.63, 3.8) is 0 Å². The average Bonchev–Trinajstić information content (AvgIpc) is 2.56. The molecule has 1 aliphatic rings. The quantitative estimate of drug-likeness (QED) is 0.666. The molecule has 23 heavy (non-hydrogen) atoms. The number of phenols is 1. The highest BCUT2D eigenvalue weighted by Crippen LogP contribution is 2.37. The van der Waals surface area contributed by atoms with Gasteiger partial charge in [-0.25, -0.2) is 5.01 Å². The molecule has 0 bridgehead atoms. The third-order valence-corrected chi connectivity index (χ3v) is 4.14. The molecule has 1 heterocycles. The minimum Gasteiger partial charge on any atom is -0.508 e. The smallest absolute Gasteiger partial charge is 0.262 e. The fourth-order valence-electron chi connectivity index (χ4n) is 2.52. The Labute approximate surface area is 138 Å². The van der Waals surface area contributed by atoms with Crippen LogP contribution in [0.4, 0.5) is 0 Å². The summed E-state index contributed by atoms with van der Waals surface area (Å²) in [6, 6.07) is 15.2. The van der Waals surface area contributed by atoms with Crippen LogP contribution in [0, 0.1) is 0 Å². The SMILES string of the molecule is O=C(Cc1ccccc1)NN1C(=O)C(Cl)C1c1ccc(O)cc1. The molecular formula is C17H15ClN2O3. The van der Waals surface area contributed by atoms with Crippen molar-refractivity contribution in [3.05, 3.63) is 65.7 Å². The minimum atomic E-state index is -0.725. The van der Waals surface area contributed by atoms with E-state index in [0.29, 0.717) is 0 Å². The summed E-state index contributed by atoms with van der Waals surface area (Å²) in [4.78, 5) is 24.0. The van der Waals surface area contributed by atoms with Crippen molar-refractivity contribution in [2.45, 2.75) is 17.8 Å². The van der Waals surface area contributed by atoms with E-state index in [2.05, 4.69) is 5.43 Å². The number of alkyl halides is 1. The van der Waals surface area contributed by atoms with Crippen LogP contribution < -0.4 is 5.43 Å².